The number of rotatable bonds is 17. The molecule has 0 spiro atoms. The molecule has 4 aromatic carbocycles. The number of hydrogen-bond donors (Lipinski definition) is 1. The van der Waals surface area contributed by atoms with Gasteiger partial charge in [0.05, 0.1) is 31.4 Å². The van der Waals surface area contributed by atoms with Crippen LogP contribution in [-0.4, -0.2) is 65.1 Å². The van der Waals surface area contributed by atoms with E-state index in [0.29, 0.717) is 30.2 Å². The number of carbonyl (C=O) groups excluding carboxylic acids is 2. The lowest BCUT2D eigenvalue weighted by atomic mass is 10.0. The van der Waals surface area contributed by atoms with Crippen molar-refractivity contribution in [2.45, 2.75) is 44.7 Å². The molecule has 0 radical (unpaired) electrons. The molecule has 0 aliphatic heterocycles. The average Bonchev–Trinajstić information content (AvgIpc) is 3.12. The monoisotopic (exact) mass is 705 g/mol. The van der Waals surface area contributed by atoms with Crippen molar-refractivity contribution >= 4 is 27.5 Å². The number of hydrogen-bond acceptors (Lipinski definition) is 7. The van der Waals surface area contributed by atoms with Crippen molar-refractivity contribution in [1.29, 1.82) is 0 Å². The highest BCUT2D eigenvalue weighted by molar-refractivity contribution is 7.92. The predicted octanol–water partition coefficient (Wildman–Crippen LogP) is 5.85. The second-order valence-corrected chi connectivity index (χ2v) is 13.8. The molecule has 4 aromatic rings. The number of carbonyl (C=O) groups is 2. The highest BCUT2D eigenvalue weighted by Crippen LogP contribution is 2.33. The molecule has 2 amide bonds. The van der Waals surface area contributed by atoms with Gasteiger partial charge in [-0.25, -0.2) is 12.8 Å². The predicted molar refractivity (Wildman–Crippen MR) is 190 cm³/mol. The average molecular weight is 706 g/mol. The van der Waals surface area contributed by atoms with Crippen LogP contribution in [0, 0.1) is 11.7 Å². The Morgan fingerprint density at radius 1 is 0.840 bits per heavy atom. The Labute approximate surface area is 293 Å². The van der Waals surface area contributed by atoms with Gasteiger partial charge >= 0.3 is 0 Å². The highest BCUT2D eigenvalue weighted by atomic mass is 32.2. The molecule has 0 aromatic heterocycles. The lowest BCUT2D eigenvalue weighted by Gasteiger charge is -2.34. The molecule has 0 aliphatic rings. The number of amides is 2. The van der Waals surface area contributed by atoms with Crippen molar-refractivity contribution in [1.82, 2.24) is 10.2 Å². The quantitative estimate of drug-likeness (QED) is 0.147. The van der Waals surface area contributed by atoms with Crippen molar-refractivity contribution in [3.63, 3.8) is 0 Å². The second kappa shape index (κ2) is 17.5. The first kappa shape index (κ1) is 37.7. The number of benzene rings is 4. The minimum absolute atomic E-state index is 0.0841. The Hall–Kier alpha value is -5.10. The van der Waals surface area contributed by atoms with Gasteiger partial charge in [-0.3, -0.25) is 13.9 Å². The van der Waals surface area contributed by atoms with E-state index in [0.717, 1.165) is 9.87 Å². The van der Waals surface area contributed by atoms with Gasteiger partial charge in [-0.05, 0) is 72.5 Å². The summed E-state index contributed by atoms with van der Waals surface area (Å²) < 4.78 is 60.1. The molecule has 50 heavy (non-hydrogen) atoms. The molecule has 0 bridgehead atoms. The molecule has 12 heteroatoms. The third-order valence-corrected chi connectivity index (χ3v) is 9.65. The van der Waals surface area contributed by atoms with Crippen molar-refractivity contribution in [2.75, 3.05) is 38.2 Å². The first-order valence-electron chi connectivity index (χ1n) is 16.3. The summed E-state index contributed by atoms with van der Waals surface area (Å²) in [6, 6.07) is 24.4. The summed E-state index contributed by atoms with van der Waals surface area (Å²) in [5.41, 5.74) is 1.56. The summed E-state index contributed by atoms with van der Waals surface area (Å²) in [6.07, 6.45) is 0.156. The summed E-state index contributed by atoms with van der Waals surface area (Å²) >= 11 is 0. The zero-order valence-corrected chi connectivity index (χ0v) is 29.8. The number of halogens is 1. The Kier molecular flexibility index (Phi) is 13.2. The molecule has 1 atom stereocenters. The summed E-state index contributed by atoms with van der Waals surface area (Å²) in [5.74, 6) is -0.315. The van der Waals surface area contributed by atoms with Gasteiger partial charge in [0.2, 0.25) is 11.8 Å². The number of methoxy groups -OCH3 is 2. The summed E-state index contributed by atoms with van der Waals surface area (Å²) in [7, 11) is -1.58. The van der Waals surface area contributed by atoms with Gasteiger partial charge < -0.3 is 24.4 Å². The van der Waals surface area contributed by atoms with Gasteiger partial charge in [0, 0.05) is 25.6 Å². The molecule has 1 N–H and O–H groups in total. The molecule has 4 rings (SSSR count). The van der Waals surface area contributed by atoms with Crippen LogP contribution in [0.5, 0.6) is 17.2 Å². The van der Waals surface area contributed by atoms with E-state index in [1.807, 2.05) is 51.1 Å². The van der Waals surface area contributed by atoms with E-state index in [4.69, 9.17) is 14.2 Å². The van der Waals surface area contributed by atoms with E-state index in [2.05, 4.69) is 5.32 Å². The van der Waals surface area contributed by atoms with E-state index < -0.39 is 40.2 Å². The summed E-state index contributed by atoms with van der Waals surface area (Å²) in [6.45, 7) is 5.79. The van der Waals surface area contributed by atoms with Gasteiger partial charge in [0.25, 0.3) is 10.0 Å². The van der Waals surface area contributed by atoms with Crippen LogP contribution in [0.15, 0.2) is 102 Å². The number of anilines is 1. The molecule has 0 heterocycles. The minimum atomic E-state index is -4.41. The van der Waals surface area contributed by atoms with Crippen LogP contribution in [0.3, 0.4) is 0 Å². The molecular weight excluding hydrogens is 661 g/mol. The molecule has 0 fully saturated rings. The fourth-order valence-corrected chi connectivity index (χ4v) is 6.70. The largest absolute Gasteiger partial charge is 0.494 e. The van der Waals surface area contributed by atoms with Gasteiger partial charge in [-0.1, -0.05) is 56.3 Å². The van der Waals surface area contributed by atoms with Gasteiger partial charge in [-0.2, -0.15) is 0 Å². The van der Waals surface area contributed by atoms with Crippen LogP contribution < -0.4 is 23.8 Å². The van der Waals surface area contributed by atoms with Crippen LogP contribution in [0.25, 0.3) is 0 Å². The zero-order chi connectivity index (χ0) is 36.3. The topological polar surface area (TPSA) is 114 Å². The highest BCUT2D eigenvalue weighted by Gasteiger charge is 2.35. The van der Waals surface area contributed by atoms with Crippen LogP contribution in [-0.2, 0) is 32.6 Å². The lowest BCUT2D eigenvalue weighted by Crippen LogP contribution is -2.53. The molecule has 0 saturated carbocycles. The van der Waals surface area contributed by atoms with E-state index >= 15 is 0 Å². The van der Waals surface area contributed by atoms with E-state index in [9.17, 15) is 22.4 Å². The Morgan fingerprint density at radius 2 is 1.50 bits per heavy atom. The second-order valence-electron chi connectivity index (χ2n) is 11.9. The maximum Gasteiger partial charge on any atom is 0.264 e. The van der Waals surface area contributed by atoms with Crippen LogP contribution in [0.4, 0.5) is 10.1 Å². The smallest absolute Gasteiger partial charge is 0.264 e. The minimum Gasteiger partial charge on any atom is -0.494 e. The number of nitrogens with zero attached hydrogens (tertiary/aromatic N) is 2. The molecule has 0 unspecified atom stereocenters. The van der Waals surface area contributed by atoms with Crippen LogP contribution in [0.2, 0.25) is 0 Å². The Bertz CT molecular complexity index is 1820. The SMILES string of the molecule is CCOc1ccc(N(CC(=O)N(Cc2ccc(F)cc2)[C@@H](Cc2ccccc2)C(=O)NCC(C)C)S(=O)(=O)c2ccc(OC)c(OC)c2)cc1. The van der Waals surface area contributed by atoms with Crippen molar-refractivity contribution in [3.8, 4) is 17.2 Å². The number of ether oxygens (including phenoxy) is 3. The van der Waals surface area contributed by atoms with Gasteiger partial charge in [-0.15, -0.1) is 0 Å². The zero-order valence-electron chi connectivity index (χ0n) is 29.0. The molecule has 0 aliphatic carbocycles. The van der Waals surface area contributed by atoms with E-state index in [-0.39, 0.29) is 35.2 Å². The Balaban J connectivity index is 1.83. The van der Waals surface area contributed by atoms with Crippen molar-refractivity contribution in [2.24, 2.45) is 5.92 Å². The van der Waals surface area contributed by atoms with Crippen LogP contribution in [0.1, 0.15) is 31.9 Å². The summed E-state index contributed by atoms with van der Waals surface area (Å²) in [4.78, 5) is 29.8. The maximum atomic E-state index is 14.6. The van der Waals surface area contributed by atoms with Crippen molar-refractivity contribution in [3.05, 3.63) is 114 Å². The fourth-order valence-electron chi connectivity index (χ4n) is 5.27. The van der Waals surface area contributed by atoms with Crippen LogP contribution >= 0.6 is 0 Å². The first-order chi connectivity index (χ1) is 24.0. The first-order valence-corrected chi connectivity index (χ1v) is 17.7. The maximum absolute atomic E-state index is 14.6. The third-order valence-electron chi connectivity index (χ3n) is 7.88. The molecule has 266 valence electrons. The normalized spacial score (nSPS) is 11.8. The van der Waals surface area contributed by atoms with Gasteiger partial charge in [0.1, 0.15) is 24.2 Å². The molecular formula is C38H44FN3O7S. The third kappa shape index (κ3) is 9.75. The van der Waals surface area contributed by atoms with E-state index in [1.54, 1.807) is 24.3 Å². The number of sulfonamides is 1. The summed E-state index contributed by atoms with van der Waals surface area (Å²) in [5, 5.41) is 2.95. The standard InChI is InChI=1S/C38H44FN3O7S/c1-6-49-32-18-16-31(17-19-32)42(50(45,46)33-20-21-35(47-4)36(23-33)48-5)26-37(43)41(25-29-12-14-30(39)15-13-29)34(38(44)40-24-27(2)3)22-28-10-8-7-9-11-28/h7-21,23,27,34H,6,22,24-26H2,1-5H3,(H,40,44)/t34-/m0/s1. The lowest BCUT2D eigenvalue weighted by molar-refractivity contribution is -0.140. The fraction of sp³-hybridized carbons (Fsp3) is 0.316. The van der Waals surface area contributed by atoms with Gasteiger partial charge in [0.15, 0.2) is 11.5 Å². The molecule has 10 nitrogen and oxygen atoms in total. The van der Waals surface area contributed by atoms with E-state index in [1.165, 1.54) is 61.6 Å². The number of nitrogens with one attached hydrogen (secondary N) is 1. The Morgan fingerprint density at radius 3 is 2.10 bits per heavy atom. The van der Waals surface area contributed by atoms with Crippen molar-refractivity contribution < 1.29 is 36.6 Å². The molecule has 0 saturated heterocycles.